The Balaban J connectivity index is 2.69. The van der Waals surface area contributed by atoms with E-state index in [1.54, 1.807) is 0 Å². The highest BCUT2D eigenvalue weighted by molar-refractivity contribution is 6.18. The van der Waals surface area contributed by atoms with E-state index in [4.69, 9.17) is 16.3 Å². The lowest BCUT2D eigenvalue weighted by atomic mass is 10.2. The predicted octanol–water partition coefficient (Wildman–Crippen LogP) is 3.39. The lowest BCUT2D eigenvalue weighted by molar-refractivity contribution is 0.134. The minimum Gasteiger partial charge on any atom is -0.487 e. The maximum absolute atomic E-state index is 5.75. The van der Waals surface area contributed by atoms with E-state index in [9.17, 15) is 0 Å². The molecule has 0 saturated heterocycles. The highest BCUT2D eigenvalue weighted by atomic mass is 35.5. The molecule has 0 amide bonds. The Labute approximate surface area is 84.7 Å². The van der Waals surface area contributed by atoms with E-state index < -0.39 is 0 Å². The number of hydrogen-bond donors (Lipinski definition) is 0. The molecule has 0 aliphatic heterocycles. The largest absolute Gasteiger partial charge is 0.487 e. The quantitative estimate of drug-likeness (QED) is 0.677. The molecule has 13 heavy (non-hydrogen) atoms. The molecule has 72 valence electrons. The highest BCUT2D eigenvalue weighted by Crippen LogP contribution is 2.19. The normalized spacial score (nSPS) is 11.4. The standard InChI is InChI=1S/C11H15ClO/c1-9-4-6-10(7-5-9)13-11(2,3)8-12/h4-7H,8H2,1-3H3. The first-order chi connectivity index (χ1) is 6.03. The van der Waals surface area contributed by atoms with Gasteiger partial charge < -0.3 is 4.74 Å². The van der Waals surface area contributed by atoms with Crippen molar-refractivity contribution >= 4 is 11.6 Å². The Hall–Kier alpha value is -0.690. The summed E-state index contributed by atoms with van der Waals surface area (Å²) in [5.74, 6) is 1.36. The van der Waals surface area contributed by atoms with Crippen LogP contribution in [-0.2, 0) is 0 Å². The van der Waals surface area contributed by atoms with Crippen molar-refractivity contribution in [2.75, 3.05) is 5.88 Å². The topological polar surface area (TPSA) is 9.23 Å². The van der Waals surface area contributed by atoms with Crippen molar-refractivity contribution in [3.8, 4) is 5.75 Å². The lowest BCUT2D eigenvalue weighted by Crippen LogP contribution is -2.30. The first-order valence-corrected chi connectivity index (χ1v) is 4.88. The van der Waals surface area contributed by atoms with Crippen LogP contribution in [0.15, 0.2) is 24.3 Å². The molecule has 0 aliphatic carbocycles. The van der Waals surface area contributed by atoms with Gasteiger partial charge in [0, 0.05) is 0 Å². The van der Waals surface area contributed by atoms with Crippen molar-refractivity contribution < 1.29 is 4.74 Å². The molecule has 0 saturated carbocycles. The Bertz CT molecular complexity index is 264. The highest BCUT2D eigenvalue weighted by Gasteiger charge is 2.17. The lowest BCUT2D eigenvalue weighted by Gasteiger charge is -2.23. The van der Waals surface area contributed by atoms with Crippen molar-refractivity contribution in [1.82, 2.24) is 0 Å². The average molecular weight is 199 g/mol. The van der Waals surface area contributed by atoms with Gasteiger partial charge in [0.2, 0.25) is 0 Å². The number of hydrogen-bond acceptors (Lipinski definition) is 1. The number of aryl methyl sites for hydroxylation is 1. The Morgan fingerprint density at radius 2 is 1.77 bits per heavy atom. The van der Waals surface area contributed by atoms with Crippen LogP contribution in [0.4, 0.5) is 0 Å². The third kappa shape index (κ3) is 3.27. The van der Waals surface area contributed by atoms with E-state index in [1.165, 1.54) is 5.56 Å². The molecule has 0 N–H and O–H groups in total. The summed E-state index contributed by atoms with van der Waals surface area (Å²) >= 11 is 5.75. The average Bonchev–Trinajstić information content (AvgIpc) is 2.09. The Morgan fingerprint density at radius 3 is 2.23 bits per heavy atom. The van der Waals surface area contributed by atoms with Crippen molar-refractivity contribution in [1.29, 1.82) is 0 Å². The van der Waals surface area contributed by atoms with Gasteiger partial charge in [0.25, 0.3) is 0 Å². The van der Waals surface area contributed by atoms with E-state index in [0.717, 1.165) is 5.75 Å². The van der Waals surface area contributed by atoms with Crippen LogP contribution in [0.1, 0.15) is 19.4 Å². The number of halogens is 1. The molecule has 0 bridgehead atoms. The molecule has 0 aliphatic rings. The van der Waals surface area contributed by atoms with Gasteiger partial charge >= 0.3 is 0 Å². The predicted molar refractivity (Wildman–Crippen MR) is 56.6 cm³/mol. The van der Waals surface area contributed by atoms with Crippen LogP contribution in [-0.4, -0.2) is 11.5 Å². The number of rotatable bonds is 3. The van der Waals surface area contributed by atoms with Gasteiger partial charge in [0.1, 0.15) is 11.4 Å². The zero-order valence-electron chi connectivity index (χ0n) is 8.30. The molecule has 0 atom stereocenters. The minimum absolute atomic E-state index is 0.295. The molecular weight excluding hydrogens is 184 g/mol. The molecule has 0 radical (unpaired) electrons. The van der Waals surface area contributed by atoms with E-state index >= 15 is 0 Å². The van der Waals surface area contributed by atoms with Crippen LogP contribution in [0.3, 0.4) is 0 Å². The summed E-state index contributed by atoms with van der Waals surface area (Å²) in [6.45, 7) is 6.00. The third-order valence-corrected chi connectivity index (χ3v) is 2.38. The summed E-state index contributed by atoms with van der Waals surface area (Å²) in [5, 5.41) is 0. The van der Waals surface area contributed by atoms with Gasteiger partial charge in [-0.05, 0) is 32.9 Å². The van der Waals surface area contributed by atoms with E-state index in [1.807, 2.05) is 38.1 Å². The van der Waals surface area contributed by atoms with Crippen LogP contribution < -0.4 is 4.74 Å². The first kappa shape index (κ1) is 10.4. The van der Waals surface area contributed by atoms with Crippen molar-refractivity contribution in [3.05, 3.63) is 29.8 Å². The van der Waals surface area contributed by atoms with Crippen molar-refractivity contribution in [2.45, 2.75) is 26.4 Å². The van der Waals surface area contributed by atoms with Crippen molar-refractivity contribution in [3.63, 3.8) is 0 Å². The maximum atomic E-state index is 5.75. The molecule has 0 aromatic heterocycles. The molecular formula is C11H15ClO. The second-order valence-corrected chi connectivity index (χ2v) is 4.08. The van der Waals surface area contributed by atoms with Gasteiger partial charge in [0.05, 0.1) is 5.88 Å². The van der Waals surface area contributed by atoms with Gasteiger partial charge in [0.15, 0.2) is 0 Å². The minimum atomic E-state index is -0.295. The monoisotopic (exact) mass is 198 g/mol. The zero-order valence-corrected chi connectivity index (χ0v) is 9.06. The van der Waals surface area contributed by atoms with Crippen LogP contribution in [0, 0.1) is 6.92 Å². The fourth-order valence-corrected chi connectivity index (χ4v) is 1.01. The van der Waals surface area contributed by atoms with Crippen LogP contribution in [0.2, 0.25) is 0 Å². The van der Waals surface area contributed by atoms with Crippen LogP contribution in [0.25, 0.3) is 0 Å². The Morgan fingerprint density at radius 1 is 1.23 bits per heavy atom. The molecule has 0 unspecified atom stereocenters. The SMILES string of the molecule is Cc1ccc(OC(C)(C)CCl)cc1. The van der Waals surface area contributed by atoms with Gasteiger partial charge in [-0.3, -0.25) is 0 Å². The molecule has 1 aromatic carbocycles. The molecule has 1 aromatic rings. The summed E-state index contributed by atoms with van der Waals surface area (Å²) in [6, 6.07) is 7.98. The van der Waals surface area contributed by atoms with E-state index in [2.05, 4.69) is 6.92 Å². The molecule has 0 heterocycles. The van der Waals surface area contributed by atoms with Gasteiger partial charge in [-0.1, -0.05) is 17.7 Å². The molecule has 0 spiro atoms. The van der Waals surface area contributed by atoms with Gasteiger partial charge in [-0.2, -0.15) is 0 Å². The fourth-order valence-electron chi connectivity index (χ4n) is 0.953. The zero-order chi connectivity index (χ0) is 9.90. The van der Waals surface area contributed by atoms with Crippen LogP contribution in [0.5, 0.6) is 5.75 Å². The van der Waals surface area contributed by atoms with Gasteiger partial charge in [-0.15, -0.1) is 11.6 Å². The molecule has 2 heteroatoms. The molecule has 1 nitrogen and oxygen atoms in total. The summed E-state index contributed by atoms with van der Waals surface area (Å²) in [6.07, 6.45) is 0. The molecule has 1 rings (SSSR count). The second kappa shape index (κ2) is 4.01. The van der Waals surface area contributed by atoms with Crippen molar-refractivity contribution in [2.24, 2.45) is 0 Å². The van der Waals surface area contributed by atoms with E-state index in [-0.39, 0.29) is 5.60 Å². The number of ether oxygens (including phenoxy) is 1. The number of alkyl halides is 1. The third-order valence-electron chi connectivity index (χ3n) is 1.74. The second-order valence-electron chi connectivity index (χ2n) is 3.81. The van der Waals surface area contributed by atoms with E-state index in [0.29, 0.717) is 5.88 Å². The maximum Gasteiger partial charge on any atom is 0.120 e. The summed E-state index contributed by atoms with van der Waals surface area (Å²) < 4.78 is 5.67. The number of benzene rings is 1. The Kier molecular flexibility index (Phi) is 3.21. The van der Waals surface area contributed by atoms with Crippen LogP contribution >= 0.6 is 11.6 Å². The summed E-state index contributed by atoms with van der Waals surface area (Å²) in [7, 11) is 0. The smallest absolute Gasteiger partial charge is 0.120 e. The van der Waals surface area contributed by atoms with Gasteiger partial charge in [-0.25, -0.2) is 0 Å². The summed E-state index contributed by atoms with van der Waals surface area (Å²) in [5.41, 5.74) is 0.938. The fraction of sp³-hybridized carbons (Fsp3) is 0.455. The summed E-state index contributed by atoms with van der Waals surface area (Å²) in [4.78, 5) is 0. The first-order valence-electron chi connectivity index (χ1n) is 4.35. The molecule has 0 fully saturated rings.